The summed E-state index contributed by atoms with van der Waals surface area (Å²) < 4.78 is 44.5. The Morgan fingerprint density at radius 2 is 1.75 bits per heavy atom. The zero-order valence-electron chi connectivity index (χ0n) is 15.3. The molecule has 28 heavy (non-hydrogen) atoms. The van der Waals surface area contributed by atoms with E-state index in [4.69, 9.17) is 0 Å². The number of pyridine rings is 1. The maximum Gasteiger partial charge on any atom is 0.387 e. The van der Waals surface area contributed by atoms with E-state index in [1.807, 2.05) is 35.0 Å². The number of nitrogens with zero attached hydrogens (tertiary/aromatic N) is 4. The molecule has 3 heterocycles. The first kappa shape index (κ1) is 18.8. The maximum absolute atomic E-state index is 13.9. The number of rotatable bonds is 6. The molecule has 0 aliphatic carbocycles. The summed E-state index contributed by atoms with van der Waals surface area (Å²) in [6.07, 6.45) is 4.04. The van der Waals surface area contributed by atoms with Gasteiger partial charge in [0.15, 0.2) is 11.6 Å². The van der Waals surface area contributed by atoms with E-state index in [2.05, 4.69) is 19.5 Å². The normalized spacial score (nSPS) is 16.1. The molecule has 148 valence electrons. The summed E-state index contributed by atoms with van der Waals surface area (Å²) in [5.74, 6) is -1.18. The first-order valence-electron chi connectivity index (χ1n) is 9.17. The van der Waals surface area contributed by atoms with Crippen LogP contribution in [0, 0.1) is 5.82 Å². The van der Waals surface area contributed by atoms with E-state index in [-0.39, 0.29) is 0 Å². The van der Waals surface area contributed by atoms with Gasteiger partial charge in [-0.1, -0.05) is 12.1 Å². The minimum absolute atomic E-state index is 0.420. The number of imidazole rings is 1. The number of hydrogen-bond donors (Lipinski definition) is 0. The lowest BCUT2D eigenvalue weighted by atomic mass is 10.2. The molecule has 0 N–H and O–H groups in total. The van der Waals surface area contributed by atoms with E-state index in [1.165, 1.54) is 12.1 Å². The predicted molar refractivity (Wildman–Crippen MR) is 98.8 cm³/mol. The highest BCUT2D eigenvalue weighted by Crippen LogP contribution is 2.21. The molecular weight excluding hydrogens is 369 g/mol. The number of aromatic nitrogens is 2. The van der Waals surface area contributed by atoms with Gasteiger partial charge in [-0.3, -0.25) is 9.80 Å². The summed E-state index contributed by atoms with van der Waals surface area (Å²) in [7, 11) is 0. The van der Waals surface area contributed by atoms with Crippen molar-refractivity contribution in [3.05, 3.63) is 65.9 Å². The van der Waals surface area contributed by atoms with Crippen LogP contribution >= 0.6 is 0 Å². The molecular formula is C20H21F3N4O. The zero-order chi connectivity index (χ0) is 19.5. The molecule has 0 spiro atoms. The average Bonchev–Trinajstić information content (AvgIpc) is 3.07. The van der Waals surface area contributed by atoms with Gasteiger partial charge in [-0.2, -0.15) is 8.78 Å². The quantitative estimate of drug-likeness (QED) is 0.646. The molecule has 1 saturated heterocycles. The average molecular weight is 390 g/mol. The summed E-state index contributed by atoms with van der Waals surface area (Å²) in [4.78, 5) is 9.20. The maximum atomic E-state index is 13.9. The number of hydrogen-bond acceptors (Lipinski definition) is 4. The van der Waals surface area contributed by atoms with Crippen molar-refractivity contribution < 1.29 is 17.9 Å². The van der Waals surface area contributed by atoms with Gasteiger partial charge in [-0.05, 0) is 29.8 Å². The number of ether oxygens (including phenoxy) is 1. The van der Waals surface area contributed by atoms with Crippen LogP contribution in [-0.4, -0.2) is 52.0 Å². The molecule has 1 fully saturated rings. The Kier molecular flexibility index (Phi) is 5.50. The molecule has 3 aromatic rings. The van der Waals surface area contributed by atoms with Gasteiger partial charge >= 0.3 is 6.61 Å². The fourth-order valence-corrected chi connectivity index (χ4v) is 3.49. The lowest BCUT2D eigenvalue weighted by Crippen LogP contribution is -2.45. The van der Waals surface area contributed by atoms with Crippen LogP contribution in [0.15, 0.2) is 48.8 Å². The van der Waals surface area contributed by atoms with E-state index >= 15 is 0 Å². The molecule has 0 atom stereocenters. The molecule has 0 radical (unpaired) electrons. The molecule has 1 aromatic carbocycles. The van der Waals surface area contributed by atoms with Gasteiger partial charge in [0, 0.05) is 51.7 Å². The fourth-order valence-electron chi connectivity index (χ4n) is 3.49. The highest BCUT2D eigenvalue weighted by Gasteiger charge is 2.19. The van der Waals surface area contributed by atoms with Crippen LogP contribution in [0.3, 0.4) is 0 Å². The van der Waals surface area contributed by atoms with Gasteiger partial charge in [-0.15, -0.1) is 0 Å². The molecule has 4 rings (SSSR count). The van der Waals surface area contributed by atoms with Crippen molar-refractivity contribution in [1.82, 2.24) is 19.2 Å². The van der Waals surface area contributed by atoms with Crippen LogP contribution in [0.5, 0.6) is 5.75 Å². The molecule has 1 aliphatic rings. The zero-order valence-corrected chi connectivity index (χ0v) is 15.3. The van der Waals surface area contributed by atoms with Gasteiger partial charge in [0.05, 0.1) is 5.69 Å². The minimum Gasteiger partial charge on any atom is -0.432 e. The van der Waals surface area contributed by atoms with E-state index in [9.17, 15) is 13.2 Å². The summed E-state index contributed by atoms with van der Waals surface area (Å²) in [5.41, 5.74) is 2.72. The van der Waals surface area contributed by atoms with Crippen LogP contribution in [0.2, 0.25) is 0 Å². The number of halogens is 3. The SMILES string of the molecule is Fc1cc(CN2CCN(Cc3cn4ccccc4n3)CC2)ccc1OC(F)F. The van der Waals surface area contributed by atoms with E-state index in [0.29, 0.717) is 6.54 Å². The van der Waals surface area contributed by atoms with Crippen molar-refractivity contribution in [2.45, 2.75) is 19.7 Å². The van der Waals surface area contributed by atoms with Crippen LogP contribution < -0.4 is 4.74 Å². The summed E-state index contributed by atoms with van der Waals surface area (Å²) in [5, 5.41) is 0. The first-order valence-corrected chi connectivity index (χ1v) is 9.17. The third kappa shape index (κ3) is 4.45. The topological polar surface area (TPSA) is 33.0 Å². The van der Waals surface area contributed by atoms with E-state index in [1.54, 1.807) is 6.07 Å². The van der Waals surface area contributed by atoms with Gasteiger partial charge in [0.1, 0.15) is 5.65 Å². The fraction of sp³-hybridized carbons (Fsp3) is 0.350. The molecule has 1 aliphatic heterocycles. The molecule has 5 nitrogen and oxygen atoms in total. The summed E-state index contributed by atoms with van der Waals surface area (Å²) in [6, 6.07) is 10.1. The summed E-state index contributed by atoms with van der Waals surface area (Å²) in [6.45, 7) is 1.83. The van der Waals surface area contributed by atoms with Gasteiger partial charge in [0.25, 0.3) is 0 Å². The highest BCUT2D eigenvalue weighted by molar-refractivity contribution is 5.39. The van der Waals surface area contributed by atoms with Gasteiger partial charge < -0.3 is 9.14 Å². The number of benzene rings is 1. The minimum atomic E-state index is -3.03. The monoisotopic (exact) mass is 390 g/mol. The second kappa shape index (κ2) is 8.20. The molecule has 0 unspecified atom stereocenters. The van der Waals surface area contributed by atoms with Crippen molar-refractivity contribution in [2.24, 2.45) is 0 Å². The molecule has 0 amide bonds. The number of piperazine rings is 1. The van der Waals surface area contributed by atoms with Crippen molar-refractivity contribution >= 4 is 5.65 Å². The summed E-state index contributed by atoms with van der Waals surface area (Å²) >= 11 is 0. The van der Waals surface area contributed by atoms with Crippen LogP contribution in [0.4, 0.5) is 13.2 Å². The predicted octanol–water partition coefficient (Wildman–Crippen LogP) is 3.39. The first-order chi connectivity index (χ1) is 13.6. The van der Waals surface area contributed by atoms with E-state index < -0.39 is 18.2 Å². The lowest BCUT2D eigenvalue weighted by molar-refractivity contribution is -0.0522. The third-order valence-electron chi connectivity index (χ3n) is 4.88. The second-order valence-electron chi connectivity index (χ2n) is 6.89. The van der Waals surface area contributed by atoms with Crippen LogP contribution in [0.1, 0.15) is 11.3 Å². The van der Waals surface area contributed by atoms with Crippen molar-refractivity contribution in [3.63, 3.8) is 0 Å². The molecule has 8 heteroatoms. The Bertz CT molecular complexity index is 905. The Hall–Kier alpha value is -2.58. The Labute approximate surface area is 161 Å². The Balaban J connectivity index is 1.30. The Morgan fingerprint density at radius 1 is 1.00 bits per heavy atom. The van der Waals surface area contributed by atoms with E-state index in [0.717, 1.165) is 49.6 Å². The number of alkyl halides is 2. The largest absolute Gasteiger partial charge is 0.432 e. The molecule has 0 bridgehead atoms. The van der Waals surface area contributed by atoms with Crippen molar-refractivity contribution in [1.29, 1.82) is 0 Å². The molecule has 0 saturated carbocycles. The van der Waals surface area contributed by atoms with Crippen molar-refractivity contribution in [2.75, 3.05) is 26.2 Å². The van der Waals surface area contributed by atoms with Gasteiger partial charge in [0.2, 0.25) is 0 Å². The lowest BCUT2D eigenvalue weighted by Gasteiger charge is -2.34. The smallest absolute Gasteiger partial charge is 0.387 e. The standard InChI is InChI=1S/C20H21F3N4O/c21-17-11-15(4-5-18(17)28-20(22)23)12-25-7-9-26(10-8-25)13-16-14-27-6-2-1-3-19(27)24-16/h1-6,11,14,20H,7-10,12-13H2. The Morgan fingerprint density at radius 3 is 2.43 bits per heavy atom. The van der Waals surface area contributed by atoms with Gasteiger partial charge in [-0.25, -0.2) is 9.37 Å². The highest BCUT2D eigenvalue weighted by atomic mass is 19.3. The third-order valence-corrected chi connectivity index (χ3v) is 4.88. The van der Waals surface area contributed by atoms with Crippen molar-refractivity contribution in [3.8, 4) is 5.75 Å². The second-order valence-corrected chi connectivity index (χ2v) is 6.89. The van der Waals surface area contributed by atoms with Crippen LogP contribution in [-0.2, 0) is 13.1 Å². The van der Waals surface area contributed by atoms with Crippen LogP contribution in [0.25, 0.3) is 5.65 Å². The number of fused-ring (bicyclic) bond motifs is 1. The molecule has 2 aromatic heterocycles.